The molecule has 0 bridgehead atoms. The fourth-order valence-corrected chi connectivity index (χ4v) is 5.76. The lowest BCUT2D eigenvalue weighted by Crippen LogP contribution is -2.41. The summed E-state index contributed by atoms with van der Waals surface area (Å²) >= 11 is 13.6. The summed E-state index contributed by atoms with van der Waals surface area (Å²) in [4.78, 5) is 12.8. The highest BCUT2D eigenvalue weighted by atomic mass is 35.5. The monoisotopic (exact) mass is 552 g/mol. The van der Waals surface area contributed by atoms with Gasteiger partial charge in [-0.2, -0.15) is 11.8 Å². The molecule has 1 N–H and O–H groups in total. The molecule has 35 heavy (non-hydrogen) atoms. The average molecular weight is 554 g/mol. The second-order valence-electron chi connectivity index (χ2n) is 7.42. The molecule has 3 rings (SSSR count). The molecule has 0 aliphatic rings. The molecular formula is C25H26Cl2N2O4S2. The summed E-state index contributed by atoms with van der Waals surface area (Å²) in [6, 6.07) is 20.1. The van der Waals surface area contributed by atoms with Crippen molar-refractivity contribution in [1.82, 2.24) is 5.32 Å². The fourth-order valence-electron chi connectivity index (χ4n) is 3.19. The molecule has 186 valence electrons. The minimum atomic E-state index is -4.01. The first kappa shape index (κ1) is 27.2. The minimum Gasteiger partial charge on any atom is -0.494 e. The van der Waals surface area contributed by atoms with Crippen LogP contribution < -0.4 is 14.4 Å². The van der Waals surface area contributed by atoms with Crippen LogP contribution in [0.15, 0.2) is 77.7 Å². The molecule has 0 saturated carbocycles. The van der Waals surface area contributed by atoms with Gasteiger partial charge in [0, 0.05) is 28.1 Å². The Balaban J connectivity index is 1.66. The van der Waals surface area contributed by atoms with Crippen molar-refractivity contribution >= 4 is 56.6 Å². The van der Waals surface area contributed by atoms with Gasteiger partial charge in [0.15, 0.2) is 0 Å². The number of carbonyl (C=O) groups excluding carboxylic acids is 1. The number of thioether (sulfide) groups is 1. The highest BCUT2D eigenvalue weighted by molar-refractivity contribution is 7.98. The van der Waals surface area contributed by atoms with Gasteiger partial charge in [0.1, 0.15) is 12.3 Å². The summed E-state index contributed by atoms with van der Waals surface area (Å²) in [5, 5.41) is 3.92. The van der Waals surface area contributed by atoms with Crippen molar-refractivity contribution in [3.8, 4) is 5.75 Å². The van der Waals surface area contributed by atoms with Crippen molar-refractivity contribution in [2.45, 2.75) is 17.6 Å². The number of sulfonamides is 1. The fraction of sp³-hybridized carbons (Fsp3) is 0.240. The molecule has 0 aromatic heterocycles. The van der Waals surface area contributed by atoms with E-state index in [4.69, 9.17) is 27.9 Å². The van der Waals surface area contributed by atoms with Crippen LogP contribution in [-0.2, 0) is 20.6 Å². The number of halogens is 2. The Morgan fingerprint density at radius 1 is 1.00 bits per heavy atom. The van der Waals surface area contributed by atoms with Gasteiger partial charge in [0.05, 0.1) is 17.2 Å². The van der Waals surface area contributed by atoms with Crippen LogP contribution >= 0.6 is 35.0 Å². The number of ether oxygens (including phenoxy) is 1. The lowest BCUT2D eigenvalue weighted by molar-refractivity contribution is -0.119. The first-order valence-corrected chi connectivity index (χ1v) is 14.2. The van der Waals surface area contributed by atoms with E-state index < -0.39 is 15.9 Å². The number of nitrogens with zero attached hydrogens (tertiary/aromatic N) is 1. The number of hydrogen-bond acceptors (Lipinski definition) is 5. The predicted molar refractivity (Wildman–Crippen MR) is 144 cm³/mol. The lowest BCUT2D eigenvalue weighted by Gasteiger charge is -2.24. The maximum Gasteiger partial charge on any atom is 0.264 e. The number of anilines is 1. The molecular weight excluding hydrogens is 527 g/mol. The molecule has 6 nitrogen and oxygen atoms in total. The first-order chi connectivity index (χ1) is 16.8. The van der Waals surface area contributed by atoms with Gasteiger partial charge in [-0.05, 0) is 73.2 Å². The largest absolute Gasteiger partial charge is 0.494 e. The molecule has 3 aromatic carbocycles. The van der Waals surface area contributed by atoms with Crippen LogP contribution in [0, 0.1) is 0 Å². The molecule has 0 heterocycles. The number of amides is 1. The second-order valence-corrected chi connectivity index (χ2v) is 11.3. The van der Waals surface area contributed by atoms with Crippen LogP contribution in [0.2, 0.25) is 10.0 Å². The summed E-state index contributed by atoms with van der Waals surface area (Å²) in [5.74, 6) is 1.64. The quantitative estimate of drug-likeness (QED) is 0.294. The van der Waals surface area contributed by atoms with E-state index in [1.54, 1.807) is 36.0 Å². The summed E-state index contributed by atoms with van der Waals surface area (Å²) < 4.78 is 33.3. The number of hydrogen-bond donors (Lipinski definition) is 1. The van der Waals surface area contributed by atoms with Crippen LogP contribution in [0.5, 0.6) is 5.75 Å². The summed E-state index contributed by atoms with van der Waals surface area (Å²) in [7, 11) is -4.01. The number of carbonyl (C=O) groups is 1. The van der Waals surface area contributed by atoms with Gasteiger partial charge < -0.3 is 10.1 Å². The van der Waals surface area contributed by atoms with Gasteiger partial charge in [0.25, 0.3) is 10.0 Å². The maximum atomic E-state index is 13.4. The summed E-state index contributed by atoms with van der Waals surface area (Å²) in [5.41, 5.74) is 1.46. The number of nitrogens with one attached hydrogen (secondary N) is 1. The maximum absolute atomic E-state index is 13.4. The third kappa shape index (κ3) is 8.07. The molecule has 0 saturated heterocycles. The van der Waals surface area contributed by atoms with Gasteiger partial charge in [0.2, 0.25) is 5.91 Å². The van der Waals surface area contributed by atoms with Crippen molar-refractivity contribution in [3.63, 3.8) is 0 Å². The van der Waals surface area contributed by atoms with Crippen molar-refractivity contribution in [3.05, 3.63) is 88.4 Å². The third-order valence-corrected chi connectivity index (χ3v) is 8.16. The zero-order valence-corrected chi connectivity index (χ0v) is 22.3. The standard InChI is InChI=1S/C25H26Cl2N2O4S2/c1-2-33-23-10-8-22(9-11-23)29(35(31,32)24-12-6-20(26)7-13-24)17-25(30)28-14-15-34-18-19-4-3-5-21(27)16-19/h3-13,16H,2,14-15,17-18H2,1H3,(H,28,30). The van der Waals surface area contributed by atoms with Crippen LogP contribution in [0.1, 0.15) is 12.5 Å². The van der Waals surface area contributed by atoms with Crippen molar-refractivity contribution < 1.29 is 17.9 Å². The summed E-state index contributed by atoms with van der Waals surface area (Å²) in [6.45, 7) is 2.40. The smallest absolute Gasteiger partial charge is 0.264 e. The number of rotatable bonds is 12. The van der Waals surface area contributed by atoms with E-state index in [1.807, 2.05) is 31.2 Å². The highest BCUT2D eigenvalue weighted by Gasteiger charge is 2.27. The normalized spacial score (nSPS) is 11.2. The van der Waals surface area contributed by atoms with E-state index in [9.17, 15) is 13.2 Å². The van der Waals surface area contributed by atoms with Crippen molar-refractivity contribution in [1.29, 1.82) is 0 Å². The van der Waals surface area contributed by atoms with Gasteiger partial charge in [-0.15, -0.1) is 0 Å². The van der Waals surface area contributed by atoms with Gasteiger partial charge in [-0.25, -0.2) is 8.42 Å². The topological polar surface area (TPSA) is 75.7 Å². The first-order valence-electron chi connectivity index (χ1n) is 10.9. The van der Waals surface area contributed by atoms with Crippen LogP contribution in [0.3, 0.4) is 0 Å². The average Bonchev–Trinajstić information content (AvgIpc) is 2.83. The van der Waals surface area contributed by atoms with Gasteiger partial charge in [-0.3, -0.25) is 9.10 Å². The van der Waals surface area contributed by atoms with Crippen LogP contribution in [0.25, 0.3) is 0 Å². The Kier molecular flexibility index (Phi) is 10.2. The molecule has 0 aliphatic carbocycles. The molecule has 0 unspecified atom stereocenters. The zero-order valence-electron chi connectivity index (χ0n) is 19.1. The molecule has 3 aromatic rings. The van der Waals surface area contributed by atoms with Crippen LogP contribution in [0.4, 0.5) is 5.69 Å². The second kappa shape index (κ2) is 13.1. The van der Waals surface area contributed by atoms with E-state index in [0.29, 0.717) is 40.4 Å². The molecule has 0 spiro atoms. The third-order valence-electron chi connectivity index (χ3n) is 4.85. The molecule has 0 fully saturated rings. The van der Waals surface area contributed by atoms with Crippen molar-refractivity contribution in [2.24, 2.45) is 0 Å². The molecule has 1 amide bonds. The zero-order chi connectivity index (χ0) is 25.3. The Labute approximate surface area is 220 Å². The number of benzene rings is 3. The molecule has 0 radical (unpaired) electrons. The van der Waals surface area contributed by atoms with Crippen molar-refractivity contribution in [2.75, 3.05) is 29.8 Å². The Morgan fingerprint density at radius 3 is 2.37 bits per heavy atom. The van der Waals surface area contributed by atoms with Gasteiger partial charge >= 0.3 is 0 Å². The molecule has 0 aliphatic heterocycles. The summed E-state index contributed by atoms with van der Waals surface area (Å²) in [6.07, 6.45) is 0. The Morgan fingerprint density at radius 2 is 1.71 bits per heavy atom. The lowest BCUT2D eigenvalue weighted by atomic mass is 10.2. The Hall–Kier alpha value is -2.39. The Bertz CT molecular complexity index is 1220. The van der Waals surface area contributed by atoms with Gasteiger partial charge in [-0.1, -0.05) is 35.3 Å². The van der Waals surface area contributed by atoms with E-state index in [-0.39, 0.29) is 11.4 Å². The molecule has 10 heteroatoms. The minimum absolute atomic E-state index is 0.0423. The van der Waals surface area contributed by atoms with E-state index in [0.717, 1.165) is 15.6 Å². The molecule has 0 atom stereocenters. The van der Waals surface area contributed by atoms with E-state index >= 15 is 0 Å². The van der Waals surface area contributed by atoms with Crippen LogP contribution in [-0.4, -0.2) is 39.8 Å². The van der Waals surface area contributed by atoms with E-state index in [2.05, 4.69) is 5.32 Å². The highest BCUT2D eigenvalue weighted by Crippen LogP contribution is 2.26. The SMILES string of the molecule is CCOc1ccc(N(CC(=O)NCCSCc2cccc(Cl)c2)S(=O)(=O)c2ccc(Cl)cc2)cc1. The van der Waals surface area contributed by atoms with E-state index in [1.165, 1.54) is 24.3 Å². The predicted octanol–water partition coefficient (Wildman–Crippen LogP) is 5.64.